The van der Waals surface area contributed by atoms with Gasteiger partial charge < -0.3 is 20.1 Å². The maximum Gasteiger partial charge on any atom is 0.343 e. The van der Waals surface area contributed by atoms with Crippen LogP contribution in [0.1, 0.15) is 65.6 Å². The molecule has 4 N–H and O–H groups in total. The summed E-state index contributed by atoms with van der Waals surface area (Å²) in [7, 11) is -3.67. The van der Waals surface area contributed by atoms with Gasteiger partial charge in [0.1, 0.15) is 12.4 Å². The molecule has 3 aromatic rings. The average molecular weight is 557 g/mol. The molecule has 3 aliphatic rings. The molecule has 1 aromatic carbocycles. The molecular weight excluding hydrogens is 527 g/mol. The molecule has 0 radical (unpaired) electrons. The number of carbonyl (C=O) groups is 1. The highest BCUT2D eigenvalue weighted by molar-refractivity contribution is 7.89. The molecule has 0 spiro atoms. The van der Waals surface area contributed by atoms with Gasteiger partial charge in [-0.15, -0.1) is 0 Å². The van der Waals surface area contributed by atoms with E-state index >= 15 is 0 Å². The number of nitrogens with one attached hydrogen (secondary N) is 1. The number of cyclic esters (lactones) is 1. The predicted molar refractivity (Wildman–Crippen MR) is 141 cm³/mol. The van der Waals surface area contributed by atoms with Gasteiger partial charge in [-0.25, -0.2) is 27.3 Å². The second-order valence-corrected chi connectivity index (χ2v) is 12.4. The fourth-order valence-electron chi connectivity index (χ4n) is 6.22. The van der Waals surface area contributed by atoms with Crippen molar-refractivity contribution in [2.75, 3.05) is 12.3 Å². The van der Waals surface area contributed by atoms with Crippen molar-refractivity contribution < 1.29 is 27.4 Å². The Morgan fingerprint density at radius 1 is 1.28 bits per heavy atom. The topological polar surface area (TPSA) is 154 Å². The zero-order chi connectivity index (χ0) is 27.9. The number of aliphatic hydroxyl groups is 1. The molecule has 0 saturated carbocycles. The number of hydrogen-bond acceptors (Lipinski definition) is 8. The third-order valence-electron chi connectivity index (χ3n) is 8.32. The molecule has 206 valence electrons. The number of fused-ring (bicyclic) bond motifs is 5. The number of aromatic nitrogens is 2. The van der Waals surface area contributed by atoms with E-state index in [4.69, 9.17) is 15.5 Å². The smallest absolute Gasteiger partial charge is 0.343 e. The lowest BCUT2D eigenvalue weighted by Crippen LogP contribution is -2.44. The highest BCUT2D eigenvalue weighted by Gasteiger charge is 2.46. The number of benzene rings is 1. The van der Waals surface area contributed by atoms with E-state index in [1.807, 2.05) is 0 Å². The molecule has 12 heteroatoms. The predicted octanol–water partition coefficient (Wildman–Crippen LogP) is 1.78. The van der Waals surface area contributed by atoms with E-state index in [0.29, 0.717) is 58.2 Å². The van der Waals surface area contributed by atoms with Crippen molar-refractivity contribution in [3.05, 3.63) is 61.7 Å². The molecule has 6 rings (SSSR count). The van der Waals surface area contributed by atoms with Gasteiger partial charge in [0.05, 0.1) is 34.8 Å². The number of esters is 1. The van der Waals surface area contributed by atoms with Gasteiger partial charge in [0, 0.05) is 28.6 Å². The molecule has 0 unspecified atom stereocenters. The van der Waals surface area contributed by atoms with E-state index in [-0.39, 0.29) is 43.0 Å². The number of aryl methyl sites for hydroxylation is 1. The van der Waals surface area contributed by atoms with Gasteiger partial charge in [0.2, 0.25) is 10.0 Å². The Balaban J connectivity index is 1.61. The third-order valence-corrected chi connectivity index (χ3v) is 9.79. The zero-order valence-corrected chi connectivity index (χ0v) is 22.5. The number of nitrogens with zero attached hydrogens (tertiary/aromatic N) is 2. The van der Waals surface area contributed by atoms with Gasteiger partial charge in [-0.05, 0) is 61.9 Å². The third kappa shape index (κ3) is 3.76. The number of rotatable bonds is 6. The van der Waals surface area contributed by atoms with E-state index in [2.05, 4.69) is 4.72 Å². The van der Waals surface area contributed by atoms with Crippen LogP contribution in [0.3, 0.4) is 0 Å². The van der Waals surface area contributed by atoms with E-state index < -0.39 is 39.0 Å². The monoisotopic (exact) mass is 556 g/mol. The van der Waals surface area contributed by atoms with Crippen molar-refractivity contribution >= 4 is 26.9 Å². The summed E-state index contributed by atoms with van der Waals surface area (Å²) >= 11 is 0. The summed E-state index contributed by atoms with van der Waals surface area (Å²) in [5.74, 6) is -1.36. The molecule has 0 saturated heterocycles. The maximum absolute atomic E-state index is 15.0. The summed E-state index contributed by atoms with van der Waals surface area (Å²) in [6, 6.07) is 2.32. The minimum absolute atomic E-state index is 0.00544. The number of ether oxygens (including phenoxy) is 1. The van der Waals surface area contributed by atoms with Gasteiger partial charge in [0.15, 0.2) is 5.60 Å². The van der Waals surface area contributed by atoms with Crippen LogP contribution in [-0.4, -0.2) is 41.3 Å². The fourth-order valence-corrected chi connectivity index (χ4v) is 7.56. The van der Waals surface area contributed by atoms with E-state index in [1.54, 1.807) is 19.9 Å². The highest BCUT2D eigenvalue weighted by Crippen LogP contribution is 2.46. The van der Waals surface area contributed by atoms with Crippen molar-refractivity contribution in [1.29, 1.82) is 0 Å². The van der Waals surface area contributed by atoms with Crippen LogP contribution in [0, 0.1) is 12.7 Å². The first-order chi connectivity index (χ1) is 18.5. The van der Waals surface area contributed by atoms with Crippen LogP contribution in [0.2, 0.25) is 0 Å². The molecular formula is C27H29FN4O6S. The van der Waals surface area contributed by atoms with Gasteiger partial charge >= 0.3 is 5.97 Å². The zero-order valence-electron chi connectivity index (χ0n) is 21.6. The highest BCUT2D eigenvalue weighted by atomic mass is 32.2. The Morgan fingerprint density at radius 2 is 2.05 bits per heavy atom. The van der Waals surface area contributed by atoms with Crippen molar-refractivity contribution in [1.82, 2.24) is 14.3 Å². The lowest BCUT2D eigenvalue weighted by atomic mass is 9.82. The second kappa shape index (κ2) is 8.91. The molecule has 10 nitrogen and oxygen atoms in total. The van der Waals surface area contributed by atoms with Gasteiger partial charge in [-0.2, -0.15) is 0 Å². The summed E-state index contributed by atoms with van der Waals surface area (Å²) < 4.78 is 50.3. The van der Waals surface area contributed by atoms with Crippen molar-refractivity contribution in [3.8, 4) is 11.4 Å². The first-order valence-electron chi connectivity index (χ1n) is 13.0. The molecule has 39 heavy (non-hydrogen) atoms. The Kier molecular flexibility index (Phi) is 5.96. The number of hydrogen-bond donors (Lipinski definition) is 3. The second-order valence-electron chi connectivity index (χ2n) is 10.5. The van der Waals surface area contributed by atoms with Gasteiger partial charge in [-0.3, -0.25) is 4.79 Å². The summed E-state index contributed by atoms with van der Waals surface area (Å²) in [5, 5.41) is 11.8. The van der Waals surface area contributed by atoms with Gasteiger partial charge in [0.25, 0.3) is 5.56 Å². The lowest BCUT2D eigenvalue weighted by molar-refractivity contribution is -0.172. The van der Waals surface area contributed by atoms with Crippen LogP contribution in [0.5, 0.6) is 0 Å². The molecule has 0 fully saturated rings. The van der Waals surface area contributed by atoms with Crippen LogP contribution in [0.15, 0.2) is 16.9 Å². The Bertz CT molecular complexity index is 1750. The quantitative estimate of drug-likeness (QED) is 0.304. The first kappa shape index (κ1) is 26.1. The van der Waals surface area contributed by atoms with Crippen LogP contribution in [-0.2, 0) is 44.7 Å². The van der Waals surface area contributed by atoms with Crippen LogP contribution < -0.4 is 16.0 Å². The van der Waals surface area contributed by atoms with Crippen molar-refractivity contribution in [2.45, 2.75) is 64.3 Å². The number of nitrogens with two attached hydrogens (primary N) is 1. The first-order valence-corrected chi connectivity index (χ1v) is 14.7. The van der Waals surface area contributed by atoms with Crippen LogP contribution >= 0.6 is 0 Å². The number of sulfonamides is 1. The van der Waals surface area contributed by atoms with E-state index in [1.165, 1.54) is 10.6 Å². The normalized spacial score (nSPS) is 21.5. The number of pyridine rings is 2. The molecule has 0 bridgehead atoms. The Morgan fingerprint density at radius 3 is 2.77 bits per heavy atom. The minimum Gasteiger partial charge on any atom is -0.458 e. The van der Waals surface area contributed by atoms with Crippen LogP contribution in [0.4, 0.5) is 4.39 Å². The molecule has 2 aliphatic heterocycles. The number of halogens is 1. The number of carbonyl (C=O) groups excluding carboxylic acids is 1. The van der Waals surface area contributed by atoms with E-state index in [0.717, 1.165) is 5.56 Å². The van der Waals surface area contributed by atoms with Crippen molar-refractivity contribution in [2.24, 2.45) is 5.73 Å². The summed E-state index contributed by atoms with van der Waals surface area (Å²) in [4.78, 5) is 30.9. The average Bonchev–Trinajstić information content (AvgIpc) is 3.27. The molecule has 2 aromatic heterocycles. The summed E-state index contributed by atoms with van der Waals surface area (Å²) in [6.07, 6.45) is 1.18. The molecule has 0 amide bonds. The van der Waals surface area contributed by atoms with Gasteiger partial charge in [-0.1, -0.05) is 6.92 Å². The van der Waals surface area contributed by atoms with Crippen molar-refractivity contribution in [3.63, 3.8) is 0 Å². The largest absolute Gasteiger partial charge is 0.458 e. The minimum atomic E-state index is -3.67. The summed E-state index contributed by atoms with van der Waals surface area (Å²) in [6.45, 7) is 3.42. The fraction of sp³-hybridized carbons (Fsp3) is 0.444. The molecule has 1 aliphatic carbocycles. The lowest BCUT2D eigenvalue weighted by Gasteiger charge is -2.31. The molecule has 2 atom stereocenters. The SMILES string of the molecule is CC[C@@]1(O)C(=O)OCc2c1cc1n(c2=O)Cc2c-1nc1cc(F)c(C)c3c1c2[C@@H](NS(=O)(=O)CCCN)CC3. The van der Waals surface area contributed by atoms with Crippen LogP contribution in [0.25, 0.3) is 22.3 Å². The molecule has 4 heterocycles. The Hall–Kier alpha value is -3.19. The summed E-state index contributed by atoms with van der Waals surface area (Å²) in [5.41, 5.74) is 7.24. The Labute approximate surface area is 224 Å². The standard InChI is InChI=1S/C27H29FN4O6S/c1-3-27(35)17-9-21-24-15(11-32(21)25(33)16(17)12-38-26(27)34)23-19(31-39(36,37)8-4-7-29)6-5-14-13(2)18(28)10-20(30-24)22(14)23/h9-10,19,31,35H,3-8,11-12,29H2,1-2H3/t19-,27-/m0/s1. The maximum atomic E-state index is 15.0. The van der Waals surface area contributed by atoms with E-state index in [9.17, 15) is 27.5 Å².